The van der Waals surface area contributed by atoms with Gasteiger partial charge in [0.25, 0.3) is 0 Å². The summed E-state index contributed by atoms with van der Waals surface area (Å²) in [5.41, 5.74) is 1.43. The summed E-state index contributed by atoms with van der Waals surface area (Å²) in [6, 6.07) is 0. The highest BCUT2D eigenvalue weighted by Crippen LogP contribution is 2.60. The Balaban J connectivity index is 1.73. The van der Waals surface area contributed by atoms with Gasteiger partial charge in [-0.05, 0) is 24.7 Å². The predicted octanol–water partition coefficient (Wildman–Crippen LogP) is -0.206. The van der Waals surface area contributed by atoms with Gasteiger partial charge in [0.05, 0.1) is 12.7 Å². The minimum atomic E-state index is -1.39. The molecule has 0 radical (unpaired) electrons. The lowest BCUT2D eigenvalue weighted by Gasteiger charge is -2.62. The van der Waals surface area contributed by atoms with E-state index in [1.54, 1.807) is 0 Å². The Morgan fingerprint density at radius 2 is 1.91 bits per heavy atom. The van der Waals surface area contributed by atoms with Crippen molar-refractivity contribution < 1.29 is 29.9 Å². The van der Waals surface area contributed by atoms with Gasteiger partial charge in [-0.1, -0.05) is 25.5 Å². The van der Waals surface area contributed by atoms with Crippen molar-refractivity contribution in [1.29, 1.82) is 0 Å². The van der Waals surface area contributed by atoms with Crippen LogP contribution in [-0.4, -0.2) is 63.8 Å². The fourth-order valence-corrected chi connectivity index (χ4v) is 4.42. The van der Waals surface area contributed by atoms with Gasteiger partial charge in [-0.25, -0.2) is 0 Å². The molecule has 6 nitrogen and oxygen atoms in total. The fourth-order valence-electron chi connectivity index (χ4n) is 4.42. The molecule has 0 aromatic carbocycles. The second-order valence-corrected chi connectivity index (χ2v) is 7.39. The number of hydrogen-bond acceptors (Lipinski definition) is 6. The van der Waals surface area contributed by atoms with E-state index in [1.165, 1.54) is 5.57 Å². The summed E-state index contributed by atoms with van der Waals surface area (Å²) in [6.07, 6.45) is -2.93. The maximum Gasteiger partial charge on any atom is 0.187 e. The molecular formula is C16H26O6. The Bertz CT molecular complexity index is 460. The Kier molecular flexibility index (Phi) is 4.12. The molecule has 0 aromatic rings. The van der Waals surface area contributed by atoms with Crippen LogP contribution in [0.5, 0.6) is 0 Å². The summed E-state index contributed by atoms with van der Waals surface area (Å²) in [5.74, 6) is 0.604. The standard InChI is InChI=1S/C16H26O6/c1-7-4-5-8-14(10(7)16(8,2)3)22-15-13(20)12(19)11(18)9(6-17)21-15/h4,8-15,17-20H,5-6H2,1-3H3/t8-,9?,10+,11?,12-,13?,14-,15-/m0/s1. The summed E-state index contributed by atoms with van der Waals surface area (Å²) in [6.45, 7) is 6.08. The van der Waals surface area contributed by atoms with Gasteiger partial charge in [0.1, 0.15) is 24.4 Å². The van der Waals surface area contributed by atoms with Gasteiger partial charge >= 0.3 is 0 Å². The van der Waals surface area contributed by atoms with Crippen LogP contribution in [0.25, 0.3) is 0 Å². The molecule has 1 heterocycles. The number of aliphatic hydroxyl groups excluding tert-OH is 4. The Labute approximate surface area is 130 Å². The number of hydrogen-bond donors (Lipinski definition) is 4. The van der Waals surface area contributed by atoms with Crippen LogP contribution < -0.4 is 0 Å². The SMILES string of the molecule is CC1=CC[C@H]2[C@H](O[C@@H]3OC(CO)C(O)[C@H](O)C3O)[C@@H]1C2(C)C. The van der Waals surface area contributed by atoms with E-state index >= 15 is 0 Å². The van der Waals surface area contributed by atoms with Crippen molar-refractivity contribution in [3.63, 3.8) is 0 Å². The van der Waals surface area contributed by atoms with E-state index in [9.17, 15) is 20.4 Å². The second-order valence-electron chi connectivity index (χ2n) is 7.39. The van der Waals surface area contributed by atoms with Crippen LogP contribution in [0.2, 0.25) is 0 Å². The van der Waals surface area contributed by atoms with Crippen molar-refractivity contribution in [3.8, 4) is 0 Å². The molecule has 3 unspecified atom stereocenters. The Morgan fingerprint density at radius 3 is 2.45 bits per heavy atom. The van der Waals surface area contributed by atoms with Crippen LogP contribution in [0.3, 0.4) is 0 Å². The molecule has 8 atom stereocenters. The molecule has 4 rings (SSSR count). The minimum Gasteiger partial charge on any atom is -0.394 e. The van der Waals surface area contributed by atoms with Crippen molar-refractivity contribution >= 4 is 0 Å². The zero-order chi connectivity index (χ0) is 16.2. The molecule has 6 heteroatoms. The van der Waals surface area contributed by atoms with Crippen molar-refractivity contribution in [3.05, 3.63) is 11.6 Å². The van der Waals surface area contributed by atoms with Crippen LogP contribution in [0, 0.1) is 17.3 Å². The quantitative estimate of drug-likeness (QED) is 0.538. The third-order valence-corrected chi connectivity index (χ3v) is 5.81. The van der Waals surface area contributed by atoms with Gasteiger partial charge in [-0.2, -0.15) is 0 Å². The molecular weight excluding hydrogens is 288 g/mol. The molecule has 0 amide bonds. The molecule has 126 valence electrons. The van der Waals surface area contributed by atoms with Crippen LogP contribution in [-0.2, 0) is 9.47 Å². The highest BCUT2D eigenvalue weighted by Gasteiger charge is 2.60. The van der Waals surface area contributed by atoms with Crippen LogP contribution in [0.4, 0.5) is 0 Å². The van der Waals surface area contributed by atoms with E-state index < -0.39 is 37.3 Å². The first-order chi connectivity index (χ1) is 10.3. The topological polar surface area (TPSA) is 99.4 Å². The van der Waals surface area contributed by atoms with E-state index in [-0.39, 0.29) is 17.4 Å². The van der Waals surface area contributed by atoms with E-state index in [1.807, 2.05) is 0 Å². The van der Waals surface area contributed by atoms with Gasteiger partial charge in [0.2, 0.25) is 0 Å². The second kappa shape index (κ2) is 5.54. The average Bonchev–Trinajstić information content (AvgIpc) is 2.47. The van der Waals surface area contributed by atoms with Crippen molar-refractivity contribution in [2.75, 3.05) is 6.61 Å². The first-order valence-corrected chi connectivity index (χ1v) is 7.91. The highest BCUT2D eigenvalue weighted by atomic mass is 16.7. The fraction of sp³-hybridized carbons (Fsp3) is 0.875. The largest absolute Gasteiger partial charge is 0.394 e. The van der Waals surface area contributed by atoms with Crippen LogP contribution in [0.1, 0.15) is 27.2 Å². The average molecular weight is 314 g/mol. The first kappa shape index (κ1) is 16.4. The molecule has 0 aromatic heterocycles. The van der Waals surface area contributed by atoms with Crippen LogP contribution >= 0.6 is 0 Å². The number of ether oxygens (including phenoxy) is 2. The monoisotopic (exact) mass is 314 g/mol. The van der Waals surface area contributed by atoms with E-state index in [0.717, 1.165) is 6.42 Å². The molecule has 1 saturated heterocycles. The molecule has 3 aliphatic carbocycles. The van der Waals surface area contributed by atoms with Crippen molar-refractivity contribution in [2.24, 2.45) is 17.3 Å². The molecule has 0 spiro atoms. The molecule has 4 aliphatic rings. The highest BCUT2D eigenvalue weighted by molar-refractivity contribution is 5.25. The molecule has 1 aliphatic heterocycles. The number of allylic oxidation sites excluding steroid dienone is 1. The molecule has 1 saturated carbocycles. The van der Waals surface area contributed by atoms with E-state index in [2.05, 4.69) is 26.8 Å². The maximum atomic E-state index is 10.1. The summed E-state index contributed by atoms with van der Waals surface area (Å²) in [7, 11) is 0. The summed E-state index contributed by atoms with van der Waals surface area (Å²) in [4.78, 5) is 0. The third kappa shape index (κ3) is 2.25. The smallest absolute Gasteiger partial charge is 0.187 e. The first-order valence-electron chi connectivity index (χ1n) is 7.91. The maximum absolute atomic E-state index is 10.1. The molecule has 2 fully saturated rings. The zero-order valence-electron chi connectivity index (χ0n) is 13.2. The summed E-state index contributed by atoms with van der Waals surface area (Å²) < 4.78 is 11.4. The van der Waals surface area contributed by atoms with Gasteiger partial charge in [0.15, 0.2) is 6.29 Å². The van der Waals surface area contributed by atoms with Gasteiger partial charge in [-0.15, -0.1) is 0 Å². The van der Waals surface area contributed by atoms with Crippen LogP contribution in [0.15, 0.2) is 11.6 Å². The lowest BCUT2D eigenvalue weighted by Crippen LogP contribution is -2.65. The molecule has 2 bridgehead atoms. The summed E-state index contributed by atoms with van der Waals surface area (Å²) in [5, 5.41) is 39.0. The lowest BCUT2D eigenvalue weighted by molar-refractivity contribution is -0.339. The Morgan fingerprint density at radius 1 is 1.23 bits per heavy atom. The summed E-state index contributed by atoms with van der Waals surface area (Å²) >= 11 is 0. The van der Waals surface area contributed by atoms with E-state index in [0.29, 0.717) is 5.92 Å². The number of aliphatic hydroxyl groups is 4. The Hall–Kier alpha value is -0.500. The molecule has 4 N–H and O–H groups in total. The van der Waals surface area contributed by atoms with E-state index in [4.69, 9.17) is 9.47 Å². The van der Waals surface area contributed by atoms with Gasteiger partial charge < -0.3 is 29.9 Å². The third-order valence-electron chi connectivity index (χ3n) is 5.81. The number of rotatable bonds is 3. The number of fused-ring (bicyclic) bond motifs is 1. The van der Waals surface area contributed by atoms with Crippen molar-refractivity contribution in [1.82, 2.24) is 0 Å². The lowest BCUT2D eigenvalue weighted by atomic mass is 9.47. The van der Waals surface area contributed by atoms with Gasteiger partial charge in [-0.3, -0.25) is 0 Å². The minimum absolute atomic E-state index is 0.0681. The van der Waals surface area contributed by atoms with Gasteiger partial charge in [0, 0.05) is 5.92 Å². The normalized spacial score (nSPS) is 50.2. The molecule has 22 heavy (non-hydrogen) atoms. The predicted molar refractivity (Wildman–Crippen MR) is 77.8 cm³/mol. The van der Waals surface area contributed by atoms with Crippen molar-refractivity contribution in [2.45, 2.75) is 64.0 Å². The zero-order valence-corrected chi connectivity index (χ0v) is 13.2.